The molecule has 1 heterocycles. The van der Waals surface area contributed by atoms with E-state index in [1.54, 1.807) is 14.0 Å². The third kappa shape index (κ3) is 3.07. The van der Waals surface area contributed by atoms with Crippen molar-refractivity contribution in [2.75, 3.05) is 12.8 Å². The first kappa shape index (κ1) is 15.5. The van der Waals surface area contributed by atoms with Gasteiger partial charge in [-0.15, -0.1) is 0 Å². The molecule has 1 aromatic carbocycles. The van der Waals surface area contributed by atoms with Crippen LogP contribution in [0, 0.1) is 19.7 Å². The van der Waals surface area contributed by atoms with Crippen molar-refractivity contribution in [1.29, 1.82) is 0 Å². The van der Waals surface area contributed by atoms with Crippen LogP contribution in [0.4, 0.5) is 10.1 Å². The van der Waals surface area contributed by atoms with Gasteiger partial charge in [0.05, 0.1) is 23.5 Å². The first-order chi connectivity index (χ1) is 9.81. The van der Waals surface area contributed by atoms with Crippen LogP contribution in [-0.4, -0.2) is 23.0 Å². The highest BCUT2D eigenvalue weighted by molar-refractivity contribution is 9.10. The van der Waals surface area contributed by atoms with Gasteiger partial charge in [0.25, 0.3) is 5.91 Å². The van der Waals surface area contributed by atoms with Crippen LogP contribution in [0.2, 0.25) is 0 Å². The summed E-state index contributed by atoms with van der Waals surface area (Å²) in [6.07, 6.45) is 0. The monoisotopic (exact) mass is 355 g/mol. The molecule has 0 atom stereocenters. The van der Waals surface area contributed by atoms with Gasteiger partial charge in [-0.3, -0.25) is 4.79 Å². The Hall–Kier alpha value is -1.89. The molecule has 0 aliphatic carbocycles. The van der Waals surface area contributed by atoms with E-state index >= 15 is 0 Å². The Morgan fingerprint density at radius 1 is 1.48 bits per heavy atom. The average Bonchev–Trinajstić information content (AvgIpc) is 2.74. The number of carbonyl (C=O) groups excluding carboxylic acids is 1. The zero-order valence-corrected chi connectivity index (χ0v) is 13.5. The quantitative estimate of drug-likeness (QED) is 0.858. The van der Waals surface area contributed by atoms with Gasteiger partial charge in [-0.05, 0) is 41.9 Å². The Labute approximate surface area is 130 Å². The van der Waals surface area contributed by atoms with Crippen LogP contribution in [-0.2, 0) is 6.54 Å². The summed E-state index contributed by atoms with van der Waals surface area (Å²) in [6, 6.07) is 2.51. The van der Waals surface area contributed by atoms with E-state index in [0.717, 1.165) is 11.3 Å². The van der Waals surface area contributed by atoms with E-state index in [9.17, 15) is 9.18 Å². The highest BCUT2D eigenvalue weighted by Crippen LogP contribution is 2.25. The molecule has 0 unspecified atom stereocenters. The van der Waals surface area contributed by atoms with Crippen molar-refractivity contribution in [3.05, 3.63) is 45.0 Å². The molecule has 21 heavy (non-hydrogen) atoms. The highest BCUT2D eigenvalue weighted by Gasteiger charge is 2.20. The lowest BCUT2D eigenvalue weighted by molar-refractivity contribution is 0.0783. The molecular formula is C14H15BrFN3O2. The molecule has 0 bridgehead atoms. The summed E-state index contributed by atoms with van der Waals surface area (Å²) in [5, 5.41) is 3.85. The zero-order chi connectivity index (χ0) is 15.7. The number of hydrogen-bond acceptors (Lipinski definition) is 4. The number of nitrogens with two attached hydrogens (primary N) is 1. The normalized spacial score (nSPS) is 10.7. The van der Waals surface area contributed by atoms with E-state index in [2.05, 4.69) is 21.1 Å². The molecule has 1 amide bonds. The van der Waals surface area contributed by atoms with Gasteiger partial charge >= 0.3 is 0 Å². The number of amides is 1. The molecule has 1 aromatic heterocycles. The fourth-order valence-electron chi connectivity index (χ4n) is 1.97. The van der Waals surface area contributed by atoms with Crippen molar-refractivity contribution < 1.29 is 13.7 Å². The molecule has 7 heteroatoms. The molecule has 0 radical (unpaired) electrons. The van der Waals surface area contributed by atoms with Crippen molar-refractivity contribution in [2.24, 2.45) is 0 Å². The molecule has 112 valence electrons. The van der Waals surface area contributed by atoms with E-state index < -0.39 is 5.82 Å². The lowest BCUT2D eigenvalue weighted by Crippen LogP contribution is -2.27. The van der Waals surface area contributed by atoms with E-state index in [-0.39, 0.29) is 11.6 Å². The van der Waals surface area contributed by atoms with E-state index in [4.69, 9.17) is 10.3 Å². The van der Waals surface area contributed by atoms with Crippen molar-refractivity contribution >= 4 is 27.5 Å². The van der Waals surface area contributed by atoms with E-state index in [0.29, 0.717) is 22.3 Å². The van der Waals surface area contributed by atoms with Crippen molar-refractivity contribution in [2.45, 2.75) is 20.4 Å². The first-order valence-corrected chi connectivity index (χ1v) is 7.02. The van der Waals surface area contributed by atoms with Gasteiger partial charge in [0.15, 0.2) is 0 Å². The van der Waals surface area contributed by atoms with Crippen molar-refractivity contribution in [3.8, 4) is 0 Å². The fourth-order valence-corrected chi connectivity index (χ4v) is 2.46. The van der Waals surface area contributed by atoms with Crippen LogP contribution in [0.15, 0.2) is 21.1 Å². The fraction of sp³-hybridized carbons (Fsp3) is 0.286. The van der Waals surface area contributed by atoms with Gasteiger partial charge in [0.1, 0.15) is 11.6 Å². The van der Waals surface area contributed by atoms with Crippen LogP contribution >= 0.6 is 15.9 Å². The van der Waals surface area contributed by atoms with Gasteiger partial charge in [0, 0.05) is 17.1 Å². The molecule has 0 spiro atoms. The molecule has 0 fully saturated rings. The van der Waals surface area contributed by atoms with Gasteiger partial charge in [-0.25, -0.2) is 4.39 Å². The maximum atomic E-state index is 13.3. The molecular weight excluding hydrogens is 341 g/mol. The van der Waals surface area contributed by atoms with Gasteiger partial charge < -0.3 is 15.2 Å². The molecule has 0 aliphatic rings. The number of halogens is 2. The van der Waals surface area contributed by atoms with Crippen LogP contribution in [0.5, 0.6) is 0 Å². The smallest absolute Gasteiger partial charge is 0.255 e. The van der Waals surface area contributed by atoms with E-state index in [1.165, 1.54) is 17.0 Å². The van der Waals surface area contributed by atoms with Crippen LogP contribution in [0.25, 0.3) is 0 Å². The highest BCUT2D eigenvalue weighted by atomic mass is 79.9. The number of aryl methyl sites for hydroxylation is 2. The number of aromatic nitrogens is 1. The number of rotatable bonds is 3. The topological polar surface area (TPSA) is 72.4 Å². The molecule has 2 rings (SSSR count). The number of hydrogen-bond donors (Lipinski definition) is 1. The number of carbonyl (C=O) groups is 1. The predicted molar refractivity (Wildman–Crippen MR) is 80.3 cm³/mol. The summed E-state index contributed by atoms with van der Waals surface area (Å²) < 4.78 is 18.8. The minimum absolute atomic E-state index is 0.0627. The third-order valence-electron chi connectivity index (χ3n) is 3.24. The molecule has 0 aliphatic heterocycles. The Balaban J connectivity index is 2.26. The third-order valence-corrected chi connectivity index (χ3v) is 3.90. The zero-order valence-electron chi connectivity index (χ0n) is 11.9. The van der Waals surface area contributed by atoms with Crippen molar-refractivity contribution in [1.82, 2.24) is 10.1 Å². The minimum atomic E-state index is -0.563. The summed E-state index contributed by atoms with van der Waals surface area (Å²) in [6.45, 7) is 3.96. The summed E-state index contributed by atoms with van der Waals surface area (Å²) in [5.41, 5.74) is 7.36. The second-order valence-electron chi connectivity index (χ2n) is 4.82. The number of benzene rings is 1. The molecule has 0 saturated carbocycles. The number of anilines is 1. The summed E-state index contributed by atoms with van der Waals surface area (Å²) in [7, 11) is 1.65. The minimum Gasteiger partial charge on any atom is -0.396 e. The standard InChI is InChI=1S/C14H15BrFN3O2/c1-7-10(8(2)21-18-7)6-19(3)14(20)9-4-13(17)12(16)5-11(9)15/h4-5H,6,17H2,1-3H3. The summed E-state index contributed by atoms with van der Waals surface area (Å²) in [5.74, 6) is -0.162. The second-order valence-corrected chi connectivity index (χ2v) is 5.67. The van der Waals surface area contributed by atoms with Crippen LogP contribution in [0.3, 0.4) is 0 Å². The number of nitrogens with zero attached hydrogens (tertiary/aromatic N) is 2. The van der Waals surface area contributed by atoms with Crippen LogP contribution < -0.4 is 5.73 Å². The molecule has 5 nitrogen and oxygen atoms in total. The SMILES string of the molecule is Cc1noc(C)c1CN(C)C(=O)c1cc(N)c(F)cc1Br. The second kappa shape index (κ2) is 5.85. The lowest BCUT2D eigenvalue weighted by Gasteiger charge is -2.18. The van der Waals surface area contributed by atoms with Gasteiger partial charge in [-0.2, -0.15) is 0 Å². The average molecular weight is 356 g/mol. The molecule has 2 N–H and O–H groups in total. The lowest BCUT2D eigenvalue weighted by atomic mass is 10.1. The summed E-state index contributed by atoms with van der Waals surface area (Å²) >= 11 is 3.18. The maximum Gasteiger partial charge on any atom is 0.255 e. The Morgan fingerprint density at radius 3 is 2.71 bits per heavy atom. The Morgan fingerprint density at radius 2 is 2.14 bits per heavy atom. The molecule has 0 saturated heterocycles. The summed E-state index contributed by atoms with van der Waals surface area (Å²) in [4.78, 5) is 13.9. The Bertz CT molecular complexity index is 680. The van der Waals surface area contributed by atoms with Crippen molar-refractivity contribution in [3.63, 3.8) is 0 Å². The molecule has 2 aromatic rings. The maximum absolute atomic E-state index is 13.3. The van der Waals surface area contributed by atoms with E-state index in [1.807, 2.05) is 6.92 Å². The first-order valence-electron chi connectivity index (χ1n) is 6.23. The largest absolute Gasteiger partial charge is 0.396 e. The predicted octanol–water partition coefficient (Wildman–Crippen LogP) is 3.05. The number of nitrogen functional groups attached to an aromatic ring is 1. The van der Waals surface area contributed by atoms with Crippen LogP contribution in [0.1, 0.15) is 27.4 Å². The Kier molecular flexibility index (Phi) is 4.32. The van der Waals surface area contributed by atoms with Gasteiger partial charge in [-0.1, -0.05) is 5.16 Å². The van der Waals surface area contributed by atoms with Gasteiger partial charge in [0.2, 0.25) is 0 Å².